The predicted molar refractivity (Wildman–Crippen MR) is 96.0 cm³/mol. The van der Waals surface area contributed by atoms with Gasteiger partial charge in [0.2, 0.25) is 0 Å². The van der Waals surface area contributed by atoms with Gasteiger partial charge in [-0.1, -0.05) is 52.0 Å². The van der Waals surface area contributed by atoms with Gasteiger partial charge >= 0.3 is 0 Å². The molecule has 0 saturated carbocycles. The summed E-state index contributed by atoms with van der Waals surface area (Å²) in [4.78, 5) is 7.95. The first-order valence-corrected chi connectivity index (χ1v) is 8.07. The molecule has 0 bridgehead atoms. The molecule has 0 unspecified atom stereocenters. The minimum Gasteiger partial charge on any atom is -0.306 e. The van der Waals surface area contributed by atoms with Crippen molar-refractivity contribution in [3.8, 4) is 5.69 Å². The lowest BCUT2D eigenvalue weighted by Gasteiger charge is -2.19. The number of nitrogens with zero attached hydrogens (tertiary/aromatic N) is 3. The summed E-state index contributed by atoms with van der Waals surface area (Å²) in [6, 6.07) is 12.3. The van der Waals surface area contributed by atoms with Gasteiger partial charge in [0.05, 0.1) is 12.0 Å². The Kier molecular flexibility index (Phi) is 6.10. The van der Waals surface area contributed by atoms with Crippen LogP contribution in [-0.4, -0.2) is 14.5 Å². The van der Waals surface area contributed by atoms with Crippen LogP contribution in [-0.2, 0) is 0 Å². The van der Waals surface area contributed by atoms with E-state index in [-0.39, 0.29) is 0 Å². The zero-order valence-electron chi connectivity index (χ0n) is 14.3. The topological polar surface area (TPSA) is 30.7 Å². The van der Waals surface area contributed by atoms with Gasteiger partial charge in [0.1, 0.15) is 0 Å². The molecule has 3 nitrogen and oxygen atoms in total. The molecule has 3 heteroatoms. The van der Waals surface area contributed by atoms with Crippen molar-refractivity contribution in [3.63, 3.8) is 0 Å². The van der Waals surface area contributed by atoms with Crippen LogP contribution in [0.4, 0.5) is 0 Å². The van der Waals surface area contributed by atoms with Gasteiger partial charge in [0, 0.05) is 24.8 Å². The van der Waals surface area contributed by atoms with E-state index in [9.17, 15) is 0 Å². The fourth-order valence-corrected chi connectivity index (χ4v) is 2.51. The van der Waals surface area contributed by atoms with Crippen LogP contribution in [0.3, 0.4) is 0 Å². The normalized spacial score (nSPS) is 10.5. The predicted octanol–water partition coefficient (Wildman–Crippen LogP) is 5.20. The highest BCUT2D eigenvalue weighted by Gasteiger charge is 2.14. The standard InChI is InChI=1S/C15H20N2.C5H5N/c1-11(2)13-6-5-7-14(12(3)4)15(13)17-9-8-16-10-17;1-2-4-6-5-3-1/h5-12H,1-4H3;1-5H. The quantitative estimate of drug-likeness (QED) is 0.665. The monoisotopic (exact) mass is 307 g/mol. The molecule has 0 fully saturated rings. The zero-order valence-corrected chi connectivity index (χ0v) is 14.3. The van der Waals surface area contributed by atoms with Gasteiger partial charge in [0.15, 0.2) is 0 Å². The average molecular weight is 307 g/mol. The first-order valence-electron chi connectivity index (χ1n) is 8.07. The Morgan fingerprint density at radius 3 is 1.70 bits per heavy atom. The molecule has 0 aliphatic heterocycles. The van der Waals surface area contributed by atoms with Crippen LogP contribution >= 0.6 is 0 Å². The average Bonchev–Trinajstić information content (AvgIpc) is 3.10. The van der Waals surface area contributed by atoms with Gasteiger partial charge in [0.25, 0.3) is 0 Å². The Bertz CT molecular complexity index is 633. The molecule has 1 aromatic carbocycles. The molecule has 0 N–H and O–H groups in total. The first kappa shape index (κ1) is 16.9. The number of para-hydroxylation sites is 1. The lowest BCUT2D eigenvalue weighted by Crippen LogP contribution is -2.05. The lowest BCUT2D eigenvalue weighted by atomic mass is 9.92. The maximum Gasteiger partial charge on any atom is 0.0991 e. The number of hydrogen-bond donors (Lipinski definition) is 0. The van der Waals surface area contributed by atoms with Gasteiger partial charge in [-0.15, -0.1) is 0 Å². The molecule has 3 aromatic rings. The fraction of sp³-hybridized carbons (Fsp3) is 0.300. The molecular weight excluding hydrogens is 282 g/mol. The molecule has 0 saturated heterocycles. The number of imidazole rings is 1. The summed E-state index contributed by atoms with van der Waals surface area (Å²) in [7, 11) is 0. The second kappa shape index (κ2) is 8.28. The van der Waals surface area contributed by atoms with Crippen LogP contribution in [0.2, 0.25) is 0 Å². The van der Waals surface area contributed by atoms with E-state index in [1.165, 1.54) is 16.8 Å². The van der Waals surface area contributed by atoms with Crippen LogP contribution in [0.15, 0.2) is 67.5 Å². The molecule has 3 rings (SSSR count). The van der Waals surface area contributed by atoms with Crippen molar-refractivity contribution in [1.82, 2.24) is 14.5 Å². The lowest BCUT2D eigenvalue weighted by molar-refractivity contribution is 0.805. The molecule has 2 heterocycles. The number of rotatable bonds is 3. The van der Waals surface area contributed by atoms with E-state index in [1.807, 2.05) is 36.9 Å². The van der Waals surface area contributed by atoms with E-state index in [0.29, 0.717) is 11.8 Å². The minimum atomic E-state index is 0.520. The van der Waals surface area contributed by atoms with Crippen molar-refractivity contribution < 1.29 is 0 Å². The van der Waals surface area contributed by atoms with E-state index in [1.54, 1.807) is 12.4 Å². The summed E-state index contributed by atoms with van der Waals surface area (Å²) in [5.74, 6) is 1.04. The second-order valence-corrected chi connectivity index (χ2v) is 6.09. The maximum atomic E-state index is 4.16. The Hall–Kier alpha value is -2.42. The molecule has 0 amide bonds. The third kappa shape index (κ3) is 4.52. The second-order valence-electron chi connectivity index (χ2n) is 6.09. The summed E-state index contributed by atoms with van der Waals surface area (Å²) >= 11 is 0. The highest BCUT2D eigenvalue weighted by Crippen LogP contribution is 2.30. The van der Waals surface area contributed by atoms with Crippen molar-refractivity contribution in [2.75, 3.05) is 0 Å². The molecule has 0 radical (unpaired) electrons. The number of hydrogen-bond acceptors (Lipinski definition) is 2. The third-order valence-electron chi connectivity index (χ3n) is 3.67. The molecule has 2 aromatic heterocycles. The van der Waals surface area contributed by atoms with Crippen molar-refractivity contribution in [1.29, 1.82) is 0 Å². The zero-order chi connectivity index (χ0) is 16.7. The van der Waals surface area contributed by atoms with E-state index < -0.39 is 0 Å². The van der Waals surface area contributed by atoms with E-state index in [2.05, 4.69) is 60.4 Å². The van der Waals surface area contributed by atoms with Crippen LogP contribution < -0.4 is 0 Å². The van der Waals surface area contributed by atoms with Gasteiger partial charge < -0.3 is 4.57 Å². The minimum absolute atomic E-state index is 0.520. The van der Waals surface area contributed by atoms with E-state index in [4.69, 9.17) is 0 Å². The van der Waals surface area contributed by atoms with Crippen LogP contribution in [0.25, 0.3) is 5.69 Å². The molecule has 0 aliphatic carbocycles. The van der Waals surface area contributed by atoms with E-state index >= 15 is 0 Å². The van der Waals surface area contributed by atoms with Crippen molar-refractivity contribution in [2.24, 2.45) is 0 Å². The molecular formula is C20H25N3. The molecule has 0 spiro atoms. The highest BCUT2D eigenvalue weighted by molar-refractivity contribution is 5.51. The van der Waals surface area contributed by atoms with Gasteiger partial charge in [-0.3, -0.25) is 4.98 Å². The molecule has 0 aliphatic rings. The smallest absolute Gasteiger partial charge is 0.0991 e. The van der Waals surface area contributed by atoms with Gasteiger partial charge in [-0.25, -0.2) is 4.98 Å². The summed E-state index contributed by atoms with van der Waals surface area (Å²) in [6.45, 7) is 8.94. The van der Waals surface area contributed by atoms with Crippen molar-refractivity contribution in [3.05, 3.63) is 78.6 Å². The summed E-state index contributed by atoms with van der Waals surface area (Å²) in [5.41, 5.74) is 4.07. The van der Waals surface area contributed by atoms with Crippen molar-refractivity contribution in [2.45, 2.75) is 39.5 Å². The van der Waals surface area contributed by atoms with Crippen LogP contribution in [0.1, 0.15) is 50.7 Å². The van der Waals surface area contributed by atoms with Crippen molar-refractivity contribution >= 4 is 0 Å². The third-order valence-corrected chi connectivity index (χ3v) is 3.67. The maximum absolute atomic E-state index is 4.16. The SMILES string of the molecule is CC(C)c1cccc(C(C)C)c1-n1ccnc1.c1ccncc1. The first-order chi connectivity index (χ1) is 11.1. The number of benzene rings is 1. The molecule has 23 heavy (non-hydrogen) atoms. The fourth-order valence-electron chi connectivity index (χ4n) is 2.51. The van der Waals surface area contributed by atoms with Crippen LogP contribution in [0.5, 0.6) is 0 Å². The Balaban J connectivity index is 0.000000268. The summed E-state index contributed by atoms with van der Waals surface area (Å²) in [5, 5.41) is 0. The van der Waals surface area contributed by atoms with Gasteiger partial charge in [-0.2, -0.15) is 0 Å². The van der Waals surface area contributed by atoms with Gasteiger partial charge in [-0.05, 0) is 35.1 Å². The Labute approximate surface area is 139 Å². The Morgan fingerprint density at radius 1 is 0.739 bits per heavy atom. The number of aromatic nitrogens is 3. The largest absolute Gasteiger partial charge is 0.306 e. The summed E-state index contributed by atoms with van der Waals surface area (Å²) in [6.07, 6.45) is 9.24. The molecule has 120 valence electrons. The highest BCUT2D eigenvalue weighted by atomic mass is 15.0. The van der Waals surface area contributed by atoms with E-state index in [0.717, 1.165) is 0 Å². The Morgan fingerprint density at radius 2 is 1.35 bits per heavy atom. The number of pyridine rings is 1. The van der Waals surface area contributed by atoms with Crippen LogP contribution in [0, 0.1) is 0 Å². The summed E-state index contributed by atoms with van der Waals surface area (Å²) < 4.78 is 2.13. The molecule has 0 atom stereocenters.